The molecule has 0 unspecified atom stereocenters. The molecule has 0 N–H and O–H groups in total. The van der Waals surface area contributed by atoms with Crippen LogP contribution in [0.5, 0.6) is 0 Å². The molecule has 4 aromatic heterocycles. The molecule has 0 spiro atoms. The zero-order valence-corrected chi connectivity index (χ0v) is 33.2. The molecule has 0 atom stereocenters. The number of pyridine rings is 1. The van der Waals surface area contributed by atoms with Gasteiger partial charge in [0.05, 0.1) is 45.6 Å². The molecular weight excluding hydrogens is 763 g/mol. The van der Waals surface area contributed by atoms with Gasteiger partial charge in [-0.1, -0.05) is 121 Å². The van der Waals surface area contributed by atoms with Gasteiger partial charge in [0.1, 0.15) is 6.07 Å². The third-order valence-electron chi connectivity index (χ3n) is 12.6. The summed E-state index contributed by atoms with van der Waals surface area (Å²) in [4.78, 5) is 9.06. The maximum atomic E-state index is 11.7. The fourth-order valence-corrected chi connectivity index (χ4v) is 11.3. The molecule has 61 heavy (non-hydrogen) atoms. The molecule has 13 aromatic rings. The average molecular weight is 792 g/mol. The summed E-state index contributed by atoms with van der Waals surface area (Å²) >= 11 is 1.79. The summed E-state index contributed by atoms with van der Waals surface area (Å²) in [6, 6.07) is 59.9. The van der Waals surface area contributed by atoms with E-state index < -0.39 is 0 Å². The molecule has 6 heteroatoms. The van der Waals surface area contributed by atoms with Crippen molar-refractivity contribution in [1.29, 1.82) is 5.26 Å². The highest BCUT2D eigenvalue weighted by atomic mass is 32.1. The van der Waals surface area contributed by atoms with Crippen LogP contribution in [0.15, 0.2) is 176 Å². The predicted molar refractivity (Wildman–Crippen MR) is 254 cm³/mol. The zero-order valence-electron chi connectivity index (χ0n) is 32.4. The van der Waals surface area contributed by atoms with Gasteiger partial charge in [0, 0.05) is 70.6 Å². The molecule has 0 saturated heterocycles. The van der Waals surface area contributed by atoms with Crippen LogP contribution >= 0.6 is 11.3 Å². The van der Waals surface area contributed by atoms with Gasteiger partial charge < -0.3 is 9.13 Å². The summed E-state index contributed by atoms with van der Waals surface area (Å²) in [7, 11) is 0. The molecule has 9 aromatic carbocycles. The summed E-state index contributed by atoms with van der Waals surface area (Å²) in [6.45, 7) is 9.17. The molecular formula is C55H29N5S. The Hall–Kier alpha value is -8.29. The molecule has 0 aliphatic carbocycles. The molecule has 0 aliphatic heterocycles. The molecule has 5 nitrogen and oxygen atoms in total. The highest BCUT2D eigenvalue weighted by Crippen LogP contribution is 2.53. The van der Waals surface area contributed by atoms with Crippen molar-refractivity contribution in [1.82, 2.24) is 14.1 Å². The van der Waals surface area contributed by atoms with Gasteiger partial charge in [-0.3, -0.25) is 4.98 Å². The second-order valence-corrected chi connectivity index (χ2v) is 16.7. The molecule has 4 heterocycles. The lowest BCUT2D eigenvalue weighted by molar-refractivity contribution is 1.13. The van der Waals surface area contributed by atoms with Crippen LogP contribution in [0.4, 0.5) is 5.69 Å². The van der Waals surface area contributed by atoms with Gasteiger partial charge in [-0.2, -0.15) is 5.26 Å². The van der Waals surface area contributed by atoms with Crippen LogP contribution in [-0.2, 0) is 0 Å². The Kier molecular flexibility index (Phi) is 6.96. The van der Waals surface area contributed by atoms with Gasteiger partial charge >= 0.3 is 0 Å². The first kappa shape index (κ1) is 33.7. The minimum absolute atomic E-state index is 0.422. The fourth-order valence-electron chi connectivity index (χ4n) is 10.2. The summed E-state index contributed by atoms with van der Waals surface area (Å²) < 4.78 is 7.03. The maximum absolute atomic E-state index is 11.7. The molecule has 0 saturated carbocycles. The molecule has 0 fully saturated rings. The lowest BCUT2D eigenvalue weighted by Crippen LogP contribution is -2.08. The van der Waals surface area contributed by atoms with E-state index in [1.165, 1.54) is 20.2 Å². The number of para-hydroxylation sites is 1. The van der Waals surface area contributed by atoms with E-state index in [1.54, 1.807) is 11.3 Å². The molecule has 0 bridgehead atoms. The third-order valence-corrected chi connectivity index (χ3v) is 13.7. The van der Waals surface area contributed by atoms with E-state index in [1.807, 2.05) is 60.9 Å². The van der Waals surface area contributed by atoms with Crippen molar-refractivity contribution < 1.29 is 0 Å². The van der Waals surface area contributed by atoms with E-state index in [2.05, 4.69) is 140 Å². The number of rotatable bonds is 4. The summed E-state index contributed by atoms with van der Waals surface area (Å²) in [5, 5.41) is 23.1. The quantitative estimate of drug-likeness (QED) is 0.132. The first-order chi connectivity index (χ1) is 30.2. The van der Waals surface area contributed by atoms with Gasteiger partial charge in [-0.15, -0.1) is 11.3 Å². The van der Waals surface area contributed by atoms with Crippen molar-refractivity contribution in [3.05, 3.63) is 193 Å². The van der Waals surface area contributed by atoms with Crippen molar-refractivity contribution in [3.8, 4) is 39.7 Å². The topological polar surface area (TPSA) is 50.9 Å². The van der Waals surface area contributed by atoms with Crippen LogP contribution in [0.2, 0.25) is 0 Å². The normalized spacial score (nSPS) is 11.9. The minimum Gasteiger partial charge on any atom is -0.318 e. The lowest BCUT2D eigenvalue weighted by atomic mass is 9.88. The Labute approximate surface area is 353 Å². The maximum Gasteiger partial charge on any atom is 0.220 e. The Morgan fingerprint density at radius 2 is 1.10 bits per heavy atom. The lowest BCUT2D eigenvalue weighted by Gasteiger charge is -2.25. The molecule has 13 rings (SSSR count). The predicted octanol–water partition coefficient (Wildman–Crippen LogP) is 15.1. The SMILES string of the molecule is [C-]#[N+]c1c(-c2ccccc2)c(C#N)c(-n2c3ccccc3c3cc4c(cc32)sc2ccccc24)c(-c2ccccc2)c1-n1c2cccc3c4ccncc4c4cccc1c4c32. The number of hydrogen-bond acceptors (Lipinski definition) is 3. The minimum atomic E-state index is 0.422. The van der Waals surface area contributed by atoms with E-state index in [9.17, 15) is 5.26 Å². The Bertz CT molecular complexity index is 3980. The van der Waals surface area contributed by atoms with Gasteiger partial charge in [0.2, 0.25) is 5.69 Å². The van der Waals surface area contributed by atoms with Crippen LogP contribution in [-0.4, -0.2) is 14.1 Å². The van der Waals surface area contributed by atoms with Gasteiger partial charge in [0.15, 0.2) is 0 Å². The zero-order chi connectivity index (χ0) is 40.3. The molecule has 280 valence electrons. The molecule has 0 amide bonds. The number of fused-ring (bicyclic) bond motifs is 9. The summed E-state index contributed by atoms with van der Waals surface area (Å²) in [5.74, 6) is 0. The second kappa shape index (κ2) is 12.6. The van der Waals surface area contributed by atoms with Crippen molar-refractivity contribution in [3.63, 3.8) is 0 Å². The van der Waals surface area contributed by atoms with Crippen LogP contribution in [0.1, 0.15) is 5.56 Å². The Balaban J connectivity index is 1.31. The van der Waals surface area contributed by atoms with Gasteiger partial charge in [-0.25, -0.2) is 4.85 Å². The van der Waals surface area contributed by atoms with Gasteiger partial charge in [0.25, 0.3) is 0 Å². The average Bonchev–Trinajstić information content (AvgIpc) is 3.97. The van der Waals surface area contributed by atoms with E-state index in [0.717, 1.165) is 93.2 Å². The second-order valence-electron chi connectivity index (χ2n) is 15.6. The largest absolute Gasteiger partial charge is 0.318 e. The van der Waals surface area contributed by atoms with E-state index in [4.69, 9.17) is 6.57 Å². The van der Waals surface area contributed by atoms with Crippen LogP contribution in [0.3, 0.4) is 0 Å². The number of hydrogen-bond donors (Lipinski definition) is 0. The van der Waals surface area contributed by atoms with Gasteiger partial charge in [-0.05, 0) is 69.8 Å². The number of benzene rings is 9. The Morgan fingerprint density at radius 3 is 1.82 bits per heavy atom. The third kappa shape index (κ3) is 4.49. The molecule has 0 aliphatic rings. The van der Waals surface area contributed by atoms with E-state index in [0.29, 0.717) is 16.8 Å². The van der Waals surface area contributed by atoms with E-state index >= 15 is 0 Å². The highest BCUT2D eigenvalue weighted by molar-refractivity contribution is 7.25. The highest BCUT2D eigenvalue weighted by Gasteiger charge is 2.32. The standard InChI is InChI=1S/C55H29N5S/c1-57-53-49(32-14-4-2-5-15-32)41(30-56)54(59-43-22-10-8-18-35(43)39-28-40-36-19-9-11-25-47(36)61-48(40)29-46(39)59)50(33-16-6-3-7-17-33)55(53)60-44-23-12-20-37-34-26-27-58-31-42(34)38-21-13-24-45(60)52(38)51(37)44/h2-29,31H. The Morgan fingerprint density at radius 1 is 0.492 bits per heavy atom. The van der Waals surface area contributed by atoms with Crippen LogP contribution < -0.4 is 0 Å². The van der Waals surface area contributed by atoms with Crippen molar-refractivity contribution >= 4 is 102 Å². The first-order valence-corrected chi connectivity index (χ1v) is 21.0. The molecule has 0 radical (unpaired) electrons. The summed E-state index contributed by atoms with van der Waals surface area (Å²) in [5.41, 5.74) is 9.47. The monoisotopic (exact) mass is 791 g/mol. The summed E-state index contributed by atoms with van der Waals surface area (Å²) in [6.07, 6.45) is 3.83. The number of thiophene rings is 1. The van der Waals surface area contributed by atoms with E-state index in [-0.39, 0.29) is 0 Å². The van der Waals surface area contributed by atoms with Crippen molar-refractivity contribution in [2.24, 2.45) is 0 Å². The number of aromatic nitrogens is 3. The van der Waals surface area contributed by atoms with Crippen molar-refractivity contribution in [2.75, 3.05) is 0 Å². The number of nitrogens with zero attached hydrogens (tertiary/aromatic N) is 5. The van der Waals surface area contributed by atoms with Crippen LogP contribution in [0.25, 0.3) is 124 Å². The first-order valence-electron chi connectivity index (χ1n) is 20.2. The van der Waals surface area contributed by atoms with Crippen LogP contribution in [0, 0.1) is 17.9 Å². The fraction of sp³-hybridized carbons (Fsp3) is 0. The smallest absolute Gasteiger partial charge is 0.220 e. The number of nitriles is 1. The van der Waals surface area contributed by atoms with Crippen molar-refractivity contribution in [2.45, 2.75) is 0 Å².